The van der Waals surface area contributed by atoms with Crippen molar-refractivity contribution < 1.29 is 23.8 Å². The Bertz CT molecular complexity index is 383. The van der Waals surface area contributed by atoms with Gasteiger partial charge in [0.05, 0.1) is 13.0 Å². The maximum Gasteiger partial charge on any atom is 0.327 e. The van der Waals surface area contributed by atoms with Gasteiger partial charge in [0.15, 0.2) is 0 Å². The summed E-state index contributed by atoms with van der Waals surface area (Å²) in [5.41, 5.74) is -0.528. The number of hydrogen-bond donors (Lipinski definition) is 4. The van der Waals surface area contributed by atoms with E-state index in [0.29, 0.717) is 6.04 Å². The molecular weight excluding hydrogens is 355 g/mol. The van der Waals surface area contributed by atoms with Crippen LogP contribution in [-0.2, 0) is 14.1 Å². The Kier molecular flexibility index (Phi) is 13.6. The third kappa shape index (κ3) is 11.4. The average molecular weight is 394 g/mol. The van der Waals surface area contributed by atoms with Gasteiger partial charge in [0, 0.05) is 18.5 Å². The highest BCUT2D eigenvalue weighted by molar-refractivity contribution is 7.39. The van der Waals surface area contributed by atoms with E-state index in [0.717, 1.165) is 32.1 Å². The summed E-state index contributed by atoms with van der Waals surface area (Å²) >= 11 is 0. The summed E-state index contributed by atoms with van der Waals surface area (Å²) in [5.74, 6) is -0.286. The summed E-state index contributed by atoms with van der Waals surface area (Å²) in [6.45, 7) is 8.04. The summed E-state index contributed by atoms with van der Waals surface area (Å²) < 4.78 is 10.7. The van der Waals surface area contributed by atoms with Crippen molar-refractivity contribution in [2.24, 2.45) is 5.41 Å². The van der Waals surface area contributed by atoms with Gasteiger partial charge < -0.3 is 29.7 Å². The number of esters is 1. The van der Waals surface area contributed by atoms with Crippen molar-refractivity contribution in [3.05, 3.63) is 0 Å². The van der Waals surface area contributed by atoms with Gasteiger partial charge in [-0.2, -0.15) is 0 Å². The van der Waals surface area contributed by atoms with Crippen molar-refractivity contribution in [3.63, 3.8) is 0 Å². The number of nitrogens with one attached hydrogen (secondary N) is 2. The number of carbonyl (C=O) groups is 1. The maximum absolute atomic E-state index is 12.5. The first-order chi connectivity index (χ1) is 12.2. The van der Waals surface area contributed by atoms with Gasteiger partial charge in [0.25, 0.3) is 0 Å². The predicted molar refractivity (Wildman–Crippen MR) is 106 cm³/mol. The Balaban J connectivity index is 4.94. The van der Waals surface area contributed by atoms with Gasteiger partial charge in [-0.25, -0.2) is 0 Å². The molecule has 0 amide bonds. The maximum atomic E-state index is 12.5. The third-order valence-electron chi connectivity index (χ3n) is 4.46. The first-order valence-electron chi connectivity index (χ1n) is 9.53. The van der Waals surface area contributed by atoms with E-state index < -0.39 is 14.0 Å². The van der Waals surface area contributed by atoms with E-state index in [4.69, 9.17) is 19.0 Å². The van der Waals surface area contributed by atoms with Crippen LogP contribution in [0.1, 0.15) is 66.2 Å². The first kappa shape index (κ1) is 25.7. The average Bonchev–Trinajstić information content (AvgIpc) is 2.56. The number of likely N-dealkylation sites (N-methyl/N-ethyl adjacent to an activating group) is 1. The molecule has 26 heavy (non-hydrogen) atoms. The molecule has 0 saturated carbocycles. The first-order valence-corrected chi connectivity index (χ1v) is 10.7. The second-order valence-corrected chi connectivity index (χ2v) is 8.35. The van der Waals surface area contributed by atoms with E-state index in [2.05, 4.69) is 24.5 Å². The van der Waals surface area contributed by atoms with E-state index in [1.165, 1.54) is 0 Å². The normalized spacial score (nSPS) is 15.7. The van der Waals surface area contributed by atoms with Crippen molar-refractivity contribution in [1.82, 2.24) is 10.6 Å². The Morgan fingerprint density at radius 1 is 1.12 bits per heavy atom. The predicted octanol–water partition coefficient (Wildman–Crippen LogP) is 2.71. The van der Waals surface area contributed by atoms with E-state index in [9.17, 15) is 4.79 Å². The van der Waals surface area contributed by atoms with E-state index in [1.807, 2.05) is 27.9 Å². The van der Waals surface area contributed by atoms with E-state index in [1.54, 1.807) is 0 Å². The van der Waals surface area contributed by atoms with Crippen LogP contribution in [0.4, 0.5) is 0 Å². The van der Waals surface area contributed by atoms with Gasteiger partial charge in [0.1, 0.15) is 6.10 Å². The van der Waals surface area contributed by atoms with Crippen molar-refractivity contribution in [3.8, 4) is 0 Å². The van der Waals surface area contributed by atoms with Crippen molar-refractivity contribution in [2.45, 2.75) is 84.4 Å². The van der Waals surface area contributed by atoms with Gasteiger partial charge in [-0.05, 0) is 32.4 Å². The van der Waals surface area contributed by atoms with Crippen LogP contribution in [-0.4, -0.2) is 54.6 Å². The Labute approximate surface area is 160 Å². The monoisotopic (exact) mass is 394 g/mol. The lowest BCUT2D eigenvalue weighted by molar-refractivity contribution is -0.154. The lowest BCUT2D eigenvalue weighted by Gasteiger charge is -2.31. The molecule has 0 fully saturated rings. The lowest BCUT2D eigenvalue weighted by atomic mass is 9.90. The highest BCUT2D eigenvalue weighted by atomic mass is 31.2. The molecule has 0 aromatic rings. The smallest absolute Gasteiger partial charge is 0.327 e. The molecule has 0 heterocycles. The molecule has 0 spiro atoms. The molecule has 0 rings (SSSR count). The zero-order valence-electron chi connectivity index (χ0n) is 17.2. The van der Waals surface area contributed by atoms with Crippen LogP contribution in [0, 0.1) is 5.41 Å². The van der Waals surface area contributed by atoms with Crippen molar-refractivity contribution >= 4 is 14.6 Å². The lowest BCUT2D eigenvalue weighted by Crippen LogP contribution is -2.44. The second-order valence-electron chi connectivity index (χ2n) is 7.59. The topological polar surface area (TPSA) is 100 Å². The fourth-order valence-corrected chi connectivity index (χ4v) is 3.48. The van der Waals surface area contributed by atoms with Gasteiger partial charge in [-0.15, -0.1) is 0 Å². The zero-order valence-corrected chi connectivity index (χ0v) is 18.1. The molecule has 7 nitrogen and oxygen atoms in total. The number of carbonyl (C=O) groups excluding carboxylic acids is 1. The molecule has 156 valence electrons. The standard InChI is InChI=1S/C18H39N2O5P/c1-7-9-14(19-5)11-16(15(20-6)10-8-2)25-17(21)12-18(3,4)13-24-26(22)23/h14-16,19-20,22-23H,7-13H2,1-6H3. The Hall–Kier alpha value is -0.300. The molecule has 0 bridgehead atoms. The van der Waals surface area contributed by atoms with Gasteiger partial charge in [-0.3, -0.25) is 4.79 Å². The molecule has 3 unspecified atom stereocenters. The summed E-state index contributed by atoms with van der Waals surface area (Å²) in [4.78, 5) is 30.3. The Morgan fingerprint density at radius 2 is 1.73 bits per heavy atom. The quantitative estimate of drug-likeness (QED) is 0.250. The van der Waals surface area contributed by atoms with Crippen LogP contribution < -0.4 is 10.6 Å². The molecule has 0 aromatic carbocycles. The molecule has 0 radical (unpaired) electrons. The molecule has 0 saturated heterocycles. The second kappa shape index (κ2) is 13.8. The van der Waals surface area contributed by atoms with Crippen LogP contribution in [0.2, 0.25) is 0 Å². The minimum atomic E-state index is -2.41. The summed E-state index contributed by atoms with van der Waals surface area (Å²) in [6, 6.07) is 0.410. The minimum absolute atomic E-state index is 0.0882. The van der Waals surface area contributed by atoms with Crippen molar-refractivity contribution in [1.29, 1.82) is 0 Å². The molecule has 4 N–H and O–H groups in total. The third-order valence-corrected chi connectivity index (χ3v) is 4.82. The number of rotatable bonds is 15. The molecule has 3 atom stereocenters. The fraction of sp³-hybridized carbons (Fsp3) is 0.944. The molecule has 0 aromatic heterocycles. The summed E-state index contributed by atoms with van der Waals surface area (Å²) in [6.07, 6.45) is 4.75. The van der Waals surface area contributed by atoms with Crippen LogP contribution in [0.5, 0.6) is 0 Å². The largest absolute Gasteiger partial charge is 0.461 e. The fourth-order valence-electron chi connectivity index (χ4n) is 3.02. The van der Waals surface area contributed by atoms with Gasteiger partial charge in [-0.1, -0.05) is 40.5 Å². The van der Waals surface area contributed by atoms with Gasteiger partial charge >= 0.3 is 14.6 Å². The molecule has 0 aliphatic heterocycles. The summed E-state index contributed by atoms with van der Waals surface area (Å²) in [7, 11) is 1.43. The molecule has 0 aliphatic rings. The SMILES string of the molecule is CCCC(CC(OC(=O)CC(C)(C)COP(O)O)C(CCC)NC)NC. The van der Waals surface area contributed by atoms with Crippen LogP contribution in [0.15, 0.2) is 0 Å². The van der Waals surface area contributed by atoms with E-state index >= 15 is 0 Å². The zero-order chi connectivity index (χ0) is 20.2. The summed E-state index contributed by atoms with van der Waals surface area (Å²) in [5, 5.41) is 6.61. The number of hydrogen-bond acceptors (Lipinski definition) is 7. The number of ether oxygens (including phenoxy) is 1. The van der Waals surface area contributed by atoms with Crippen LogP contribution in [0.3, 0.4) is 0 Å². The highest BCUT2D eigenvalue weighted by Gasteiger charge is 2.30. The minimum Gasteiger partial charge on any atom is -0.461 e. The van der Waals surface area contributed by atoms with Crippen LogP contribution in [0.25, 0.3) is 0 Å². The van der Waals surface area contributed by atoms with Crippen molar-refractivity contribution in [2.75, 3.05) is 20.7 Å². The highest BCUT2D eigenvalue weighted by Crippen LogP contribution is 2.31. The van der Waals surface area contributed by atoms with Crippen LogP contribution >= 0.6 is 8.60 Å². The van der Waals surface area contributed by atoms with Gasteiger partial charge in [0.2, 0.25) is 0 Å². The molecular formula is C18H39N2O5P. The van der Waals surface area contributed by atoms with E-state index in [-0.39, 0.29) is 31.1 Å². The molecule has 0 aliphatic carbocycles. The Morgan fingerprint density at radius 3 is 2.19 bits per heavy atom. The molecule has 8 heteroatoms.